The van der Waals surface area contributed by atoms with Gasteiger partial charge in [-0.3, -0.25) is 0 Å². The zero-order valence-electron chi connectivity index (χ0n) is 23.9. The van der Waals surface area contributed by atoms with Crippen LogP contribution in [0, 0.1) is 17.6 Å². The number of sulfonamides is 1. The Hall–Kier alpha value is -4.26. The van der Waals surface area contributed by atoms with E-state index in [1.54, 1.807) is 10.7 Å². The van der Waals surface area contributed by atoms with Gasteiger partial charge >= 0.3 is 5.97 Å². The van der Waals surface area contributed by atoms with Gasteiger partial charge in [-0.15, -0.1) is 11.3 Å². The minimum atomic E-state index is -4.24. The Morgan fingerprint density at radius 3 is 2.38 bits per heavy atom. The lowest BCUT2D eigenvalue weighted by Gasteiger charge is -2.11. The lowest BCUT2D eigenvalue weighted by Crippen LogP contribution is -2.14. The van der Waals surface area contributed by atoms with Crippen molar-refractivity contribution in [2.75, 3.05) is 0 Å². The highest BCUT2D eigenvalue weighted by atomic mass is 32.2. The third-order valence-corrected chi connectivity index (χ3v) is 10.1. The van der Waals surface area contributed by atoms with E-state index >= 15 is 0 Å². The van der Waals surface area contributed by atoms with E-state index in [4.69, 9.17) is 10.2 Å². The summed E-state index contributed by atoms with van der Waals surface area (Å²) in [7, 11) is -4.24. The summed E-state index contributed by atoms with van der Waals surface area (Å²) in [6.45, 7) is 0. The maximum absolute atomic E-state index is 15.0. The van der Waals surface area contributed by atoms with E-state index in [9.17, 15) is 27.1 Å². The molecule has 0 spiro atoms. The standard InChI is InChI=1S/C33H28F2N4O4S2/c34-26-16-22(9-10-24(26)20-7-8-20)21-2-1-3-23(15-21)31-25(12-19-6-11-30(27(35)13-19)45(36,42)43)29(14-18-4-5-18)39(38-31)33-37-28(17-44-33)32(40)41/h1-3,6,9-11,13,15-18,20H,4-5,7-8,12,14H2,(H,40,41)(H2,36,42,43). The Morgan fingerprint density at radius 1 is 0.978 bits per heavy atom. The molecule has 8 nitrogen and oxygen atoms in total. The van der Waals surface area contributed by atoms with Gasteiger partial charge in [-0.05, 0) is 90.5 Å². The van der Waals surface area contributed by atoms with Crippen LogP contribution in [0.1, 0.15) is 64.5 Å². The monoisotopic (exact) mass is 646 g/mol. The molecule has 0 saturated heterocycles. The van der Waals surface area contributed by atoms with E-state index in [0.29, 0.717) is 28.7 Å². The van der Waals surface area contributed by atoms with Gasteiger partial charge in [0, 0.05) is 22.9 Å². The van der Waals surface area contributed by atoms with Crippen LogP contribution in [0.2, 0.25) is 0 Å². The first-order valence-corrected chi connectivity index (χ1v) is 17.0. The number of carbonyl (C=O) groups is 1. The quantitative estimate of drug-likeness (QED) is 0.174. The normalized spacial score (nSPS) is 15.0. The van der Waals surface area contributed by atoms with Gasteiger partial charge in [-0.2, -0.15) is 5.10 Å². The van der Waals surface area contributed by atoms with Crippen LogP contribution in [-0.2, 0) is 22.9 Å². The second-order valence-electron chi connectivity index (χ2n) is 11.7. The number of nitrogens with two attached hydrogens (primary N) is 1. The van der Waals surface area contributed by atoms with E-state index in [1.807, 2.05) is 36.4 Å². The zero-order chi connectivity index (χ0) is 31.5. The molecule has 2 aromatic heterocycles. The van der Waals surface area contributed by atoms with Gasteiger partial charge in [0.25, 0.3) is 0 Å². The molecule has 2 fully saturated rings. The number of hydrogen-bond acceptors (Lipinski definition) is 6. The number of nitrogens with zero attached hydrogens (tertiary/aromatic N) is 3. The first-order valence-electron chi connectivity index (χ1n) is 14.6. The summed E-state index contributed by atoms with van der Waals surface area (Å²) >= 11 is 1.16. The maximum Gasteiger partial charge on any atom is 0.355 e. The number of halogens is 2. The zero-order valence-corrected chi connectivity index (χ0v) is 25.5. The summed E-state index contributed by atoms with van der Waals surface area (Å²) in [5.74, 6) is -1.62. The molecule has 2 heterocycles. The molecule has 7 rings (SSSR count). The van der Waals surface area contributed by atoms with Crippen LogP contribution in [-0.4, -0.2) is 34.3 Å². The van der Waals surface area contributed by atoms with Crippen molar-refractivity contribution >= 4 is 27.3 Å². The second-order valence-corrected chi connectivity index (χ2v) is 14.1. The number of primary sulfonamides is 1. The molecule has 0 radical (unpaired) electrons. The summed E-state index contributed by atoms with van der Waals surface area (Å²) < 4.78 is 55.2. The Morgan fingerprint density at radius 2 is 1.73 bits per heavy atom. The number of carboxylic acid groups (broad SMARTS) is 1. The highest BCUT2D eigenvalue weighted by Crippen LogP contribution is 2.42. The number of benzene rings is 3. The third-order valence-electron chi connectivity index (χ3n) is 8.33. The highest BCUT2D eigenvalue weighted by molar-refractivity contribution is 7.89. The van der Waals surface area contributed by atoms with Crippen LogP contribution in [0.3, 0.4) is 0 Å². The molecule has 0 amide bonds. The van der Waals surface area contributed by atoms with Gasteiger partial charge in [0.05, 0.1) is 11.4 Å². The SMILES string of the molecule is NS(=O)(=O)c1ccc(Cc2c(-c3cccc(-c4ccc(C5CC5)c(F)c4)c3)nn(-c3nc(C(=O)O)cs3)c2CC2CC2)cc1F. The van der Waals surface area contributed by atoms with E-state index in [-0.39, 0.29) is 23.8 Å². The van der Waals surface area contributed by atoms with Crippen molar-refractivity contribution in [1.82, 2.24) is 14.8 Å². The molecule has 5 aromatic rings. The average Bonchev–Trinajstić information content (AvgIpc) is 3.92. The summed E-state index contributed by atoms with van der Waals surface area (Å²) in [6.07, 6.45) is 4.94. The summed E-state index contributed by atoms with van der Waals surface area (Å²) in [6, 6.07) is 16.8. The molecule has 12 heteroatoms. The number of hydrogen-bond donors (Lipinski definition) is 2. The molecule has 0 aliphatic heterocycles. The van der Waals surface area contributed by atoms with Crippen molar-refractivity contribution < 1.29 is 27.1 Å². The van der Waals surface area contributed by atoms with Crippen LogP contribution >= 0.6 is 11.3 Å². The fraction of sp³-hybridized carbons (Fsp3) is 0.242. The Bertz CT molecular complexity index is 2080. The molecule has 230 valence electrons. The van der Waals surface area contributed by atoms with Gasteiger partial charge in [0.15, 0.2) is 5.69 Å². The fourth-order valence-corrected chi connectivity index (χ4v) is 7.05. The molecule has 0 unspecified atom stereocenters. The number of aromatic nitrogens is 3. The van der Waals surface area contributed by atoms with Crippen LogP contribution in [0.25, 0.3) is 27.5 Å². The number of carboxylic acids is 1. The van der Waals surface area contributed by atoms with Gasteiger partial charge in [-0.25, -0.2) is 36.8 Å². The van der Waals surface area contributed by atoms with Crippen molar-refractivity contribution in [2.45, 2.75) is 49.3 Å². The molecule has 2 aliphatic carbocycles. The van der Waals surface area contributed by atoms with E-state index in [0.717, 1.165) is 82.7 Å². The Balaban J connectivity index is 1.37. The molecule has 45 heavy (non-hydrogen) atoms. The predicted molar refractivity (Wildman–Crippen MR) is 166 cm³/mol. The lowest BCUT2D eigenvalue weighted by atomic mass is 9.94. The molecular formula is C33H28F2N4O4S2. The first-order chi connectivity index (χ1) is 21.5. The molecule has 2 aliphatic rings. The topological polar surface area (TPSA) is 128 Å². The highest BCUT2D eigenvalue weighted by Gasteiger charge is 2.30. The van der Waals surface area contributed by atoms with Crippen molar-refractivity contribution in [1.29, 1.82) is 0 Å². The van der Waals surface area contributed by atoms with Gasteiger partial charge in [0.2, 0.25) is 15.2 Å². The minimum Gasteiger partial charge on any atom is -0.476 e. The smallest absolute Gasteiger partial charge is 0.355 e. The molecule has 0 bridgehead atoms. The van der Waals surface area contributed by atoms with Crippen molar-refractivity contribution in [3.05, 3.63) is 106 Å². The molecule has 2 saturated carbocycles. The van der Waals surface area contributed by atoms with E-state index in [2.05, 4.69) is 4.98 Å². The Labute approximate surface area is 262 Å². The lowest BCUT2D eigenvalue weighted by molar-refractivity contribution is 0.0691. The summed E-state index contributed by atoms with van der Waals surface area (Å²) in [4.78, 5) is 15.4. The largest absolute Gasteiger partial charge is 0.476 e. The number of thiazole rings is 1. The molecule has 0 atom stereocenters. The maximum atomic E-state index is 15.0. The Kier molecular flexibility index (Phi) is 7.38. The second kappa shape index (κ2) is 11.3. The predicted octanol–water partition coefficient (Wildman–Crippen LogP) is 6.71. The van der Waals surface area contributed by atoms with Crippen LogP contribution in [0.15, 0.2) is 70.9 Å². The van der Waals surface area contributed by atoms with Crippen LogP contribution < -0.4 is 5.14 Å². The van der Waals surface area contributed by atoms with Crippen molar-refractivity contribution in [2.24, 2.45) is 11.1 Å². The first kappa shape index (κ1) is 29.5. The minimum absolute atomic E-state index is 0.0923. The van der Waals surface area contributed by atoms with E-state index in [1.165, 1.54) is 11.4 Å². The summed E-state index contributed by atoms with van der Waals surface area (Å²) in [5.41, 5.74) is 5.61. The van der Waals surface area contributed by atoms with Crippen LogP contribution in [0.4, 0.5) is 8.78 Å². The van der Waals surface area contributed by atoms with E-state index < -0.39 is 26.7 Å². The van der Waals surface area contributed by atoms with Gasteiger partial charge in [0.1, 0.15) is 16.5 Å². The molecule has 3 N–H and O–H groups in total. The van der Waals surface area contributed by atoms with Gasteiger partial charge in [-0.1, -0.05) is 36.4 Å². The van der Waals surface area contributed by atoms with Crippen molar-refractivity contribution in [3.63, 3.8) is 0 Å². The molecule has 3 aromatic carbocycles. The van der Waals surface area contributed by atoms with Crippen LogP contribution in [0.5, 0.6) is 0 Å². The van der Waals surface area contributed by atoms with Crippen molar-refractivity contribution in [3.8, 4) is 27.5 Å². The molecular weight excluding hydrogens is 619 g/mol. The van der Waals surface area contributed by atoms with Gasteiger partial charge < -0.3 is 5.11 Å². The fourth-order valence-electron chi connectivity index (χ4n) is 5.69. The third kappa shape index (κ3) is 6.05. The number of aromatic carboxylic acids is 1. The number of rotatable bonds is 10. The average molecular weight is 647 g/mol. The summed E-state index contributed by atoms with van der Waals surface area (Å²) in [5, 5.41) is 21.5.